The van der Waals surface area contributed by atoms with Crippen LogP contribution in [0.5, 0.6) is 0 Å². The predicted molar refractivity (Wildman–Crippen MR) is 137 cm³/mol. The van der Waals surface area contributed by atoms with Crippen molar-refractivity contribution in [2.45, 2.75) is 61.1 Å². The number of piperidine rings is 1. The van der Waals surface area contributed by atoms with Gasteiger partial charge >= 0.3 is 0 Å². The van der Waals surface area contributed by atoms with Gasteiger partial charge in [0.25, 0.3) is 0 Å². The van der Waals surface area contributed by atoms with E-state index in [1.54, 1.807) is 28.6 Å². The second-order valence-electron chi connectivity index (χ2n) is 9.43. The van der Waals surface area contributed by atoms with Gasteiger partial charge in [-0.25, -0.2) is 17.8 Å². The maximum Gasteiger partial charge on any atom is 0.243 e. The number of imidazole rings is 1. The lowest BCUT2D eigenvalue weighted by Gasteiger charge is -2.30. The zero-order valence-corrected chi connectivity index (χ0v) is 22.0. The maximum atomic E-state index is 14.4. The van der Waals surface area contributed by atoms with E-state index in [0.717, 1.165) is 37.8 Å². The number of nitrogens with zero attached hydrogens (tertiary/aromatic N) is 3. The molecule has 1 aromatic heterocycles. The third-order valence-corrected chi connectivity index (χ3v) is 9.85. The number of sulfonamides is 1. The van der Waals surface area contributed by atoms with Crippen LogP contribution in [-0.4, -0.2) is 48.1 Å². The van der Waals surface area contributed by atoms with Crippen molar-refractivity contribution in [3.63, 3.8) is 0 Å². The monoisotopic (exact) mass is 537 g/mol. The van der Waals surface area contributed by atoms with Crippen LogP contribution in [0.15, 0.2) is 46.5 Å². The van der Waals surface area contributed by atoms with Gasteiger partial charge in [-0.3, -0.25) is 0 Å². The van der Waals surface area contributed by atoms with Gasteiger partial charge in [-0.05, 0) is 67.5 Å². The van der Waals surface area contributed by atoms with Crippen molar-refractivity contribution < 1.29 is 17.5 Å². The Bertz CT molecular complexity index is 1320. The number of halogens is 2. The van der Waals surface area contributed by atoms with Gasteiger partial charge in [0.15, 0.2) is 5.16 Å². The zero-order chi connectivity index (χ0) is 24.6. The lowest BCUT2D eigenvalue weighted by Crippen LogP contribution is -2.39. The zero-order valence-electron chi connectivity index (χ0n) is 19.6. The Kier molecular flexibility index (Phi) is 7.42. The van der Waals surface area contributed by atoms with Crippen LogP contribution in [0.2, 0.25) is 5.02 Å². The predicted octanol–water partition coefficient (Wildman–Crippen LogP) is 5.72. The third-order valence-electron chi connectivity index (χ3n) is 6.72. The van der Waals surface area contributed by atoms with Crippen molar-refractivity contribution in [1.29, 1.82) is 0 Å². The third kappa shape index (κ3) is 5.39. The van der Waals surface area contributed by atoms with E-state index in [2.05, 4.69) is 11.5 Å². The molecule has 2 aliphatic heterocycles. The topological polar surface area (TPSA) is 64.4 Å². The number of hydrogen-bond donors (Lipinski definition) is 0. The Balaban J connectivity index is 1.47. The van der Waals surface area contributed by atoms with Crippen molar-refractivity contribution in [1.82, 2.24) is 13.9 Å². The Labute approximate surface area is 214 Å². The lowest BCUT2D eigenvalue weighted by molar-refractivity contribution is 0.0960. The van der Waals surface area contributed by atoms with Crippen molar-refractivity contribution in [3.05, 3.63) is 52.8 Å². The van der Waals surface area contributed by atoms with Crippen molar-refractivity contribution in [2.75, 3.05) is 19.7 Å². The molecule has 0 aliphatic carbocycles. The van der Waals surface area contributed by atoms with E-state index in [0.29, 0.717) is 52.6 Å². The molecule has 3 aromatic rings. The lowest BCUT2D eigenvalue weighted by atomic mass is 10.0. The van der Waals surface area contributed by atoms with E-state index < -0.39 is 10.0 Å². The van der Waals surface area contributed by atoms with Gasteiger partial charge in [0.2, 0.25) is 10.0 Å². The molecule has 0 N–H and O–H groups in total. The molecule has 2 atom stereocenters. The van der Waals surface area contributed by atoms with Gasteiger partial charge in [-0.15, -0.1) is 0 Å². The molecule has 0 bridgehead atoms. The molecule has 5 rings (SSSR count). The molecule has 0 unspecified atom stereocenters. The number of rotatable bonds is 7. The first-order valence-electron chi connectivity index (χ1n) is 12.0. The molecule has 10 heteroatoms. The maximum absolute atomic E-state index is 14.4. The van der Waals surface area contributed by atoms with Gasteiger partial charge in [-0.1, -0.05) is 36.4 Å². The van der Waals surface area contributed by atoms with Crippen LogP contribution in [0, 0.1) is 11.7 Å². The number of aromatic nitrogens is 2. The molecule has 0 spiro atoms. The number of fused-ring (bicyclic) bond motifs is 1. The van der Waals surface area contributed by atoms with E-state index in [1.165, 1.54) is 17.8 Å². The summed E-state index contributed by atoms with van der Waals surface area (Å²) in [6, 6.07) is 9.85. The van der Waals surface area contributed by atoms with Crippen LogP contribution in [0.25, 0.3) is 11.0 Å². The average Bonchev–Trinajstić information content (AvgIpc) is 3.46. The molecule has 2 fully saturated rings. The fraction of sp³-hybridized carbons (Fsp3) is 0.480. The van der Waals surface area contributed by atoms with Crippen LogP contribution < -0.4 is 0 Å². The summed E-state index contributed by atoms with van der Waals surface area (Å²) >= 11 is 7.32. The van der Waals surface area contributed by atoms with Crippen molar-refractivity contribution >= 4 is 44.4 Å². The largest absolute Gasteiger partial charge is 0.376 e. The van der Waals surface area contributed by atoms with Crippen LogP contribution in [0.1, 0.15) is 38.2 Å². The molecule has 3 heterocycles. The van der Waals surface area contributed by atoms with E-state index in [-0.39, 0.29) is 16.8 Å². The first-order chi connectivity index (χ1) is 16.8. The normalized spacial score (nSPS) is 21.7. The van der Waals surface area contributed by atoms with Crippen molar-refractivity contribution in [2.24, 2.45) is 5.92 Å². The molecular formula is C25H29ClFN3O3S2. The van der Waals surface area contributed by atoms with Gasteiger partial charge in [0.05, 0.1) is 28.6 Å². The molecular weight excluding hydrogens is 509 g/mol. The fourth-order valence-electron chi connectivity index (χ4n) is 4.82. The Hall–Kier alpha value is -1.65. The molecule has 0 amide bonds. The highest BCUT2D eigenvalue weighted by atomic mass is 35.5. The van der Waals surface area contributed by atoms with E-state index in [1.807, 2.05) is 6.07 Å². The van der Waals surface area contributed by atoms with Gasteiger partial charge in [0.1, 0.15) is 5.82 Å². The highest BCUT2D eigenvalue weighted by Gasteiger charge is 2.29. The second-order valence-corrected chi connectivity index (χ2v) is 12.7. The summed E-state index contributed by atoms with van der Waals surface area (Å²) in [5.41, 5.74) is 2.01. The molecule has 2 saturated heterocycles. The highest BCUT2D eigenvalue weighted by molar-refractivity contribution is 7.98. The van der Waals surface area contributed by atoms with Crippen LogP contribution in [-0.2, 0) is 27.1 Å². The SMILES string of the molecule is C[C@H]1CCCN(S(=O)(=O)c2ccc3c(c2)nc(SCc2ccc(Cl)cc2F)n3C[C@@H]2CCCO2)C1. The fourth-order valence-corrected chi connectivity index (χ4v) is 7.61. The van der Waals surface area contributed by atoms with Crippen molar-refractivity contribution in [3.8, 4) is 0 Å². The molecule has 188 valence electrons. The minimum Gasteiger partial charge on any atom is -0.376 e. The van der Waals surface area contributed by atoms with E-state index >= 15 is 0 Å². The molecule has 35 heavy (non-hydrogen) atoms. The average molecular weight is 538 g/mol. The minimum atomic E-state index is -3.59. The molecule has 2 aromatic carbocycles. The second kappa shape index (κ2) is 10.4. The Morgan fingerprint density at radius 1 is 1.20 bits per heavy atom. The molecule has 6 nitrogen and oxygen atoms in total. The molecule has 0 radical (unpaired) electrons. The molecule has 2 aliphatic rings. The number of benzene rings is 2. The number of ether oxygens (including phenoxy) is 1. The summed E-state index contributed by atoms with van der Waals surface area (Å²) in [5, 5.41) is 1.07. The summed E-state index contributed by atoms with van der Waals surface area (Å²) in [7, 11) is -3.59. The van der Waals surface area contributed by atoms with Gasteiger partial charge in [-0.2, -0.15) is 4.31 Å². The highest BCUT2D eigenvalue weighted by Crippen LogP contribution is 2.32. The first kappa shape index (κ1) is 25.0. The number of hydrogen-bond acceptors (Lipinski definition) is 5. The first-order valence-corrected chi connectivity index (χ1v) is 14.8. The summed E-state index contributed by atoms with van der Waals surface area (Å²) in [4.78, 5) is 5.06. The molecule has 0 saturated carbocycles. The Morgan fingerprint density at radius 3 is 2.80 bits per heavy atom. The Morgan fingerprint density at radius 2 is 2.06 bits per heavy atom. The summed E-state index contributed by atoms with van der Waals surface area (Å²) in [6.45, 7) is 4.54. The summed E-state index contributed by atoms with van der Waals surface area (Å²) in [6.07, 6.45) is 3.99. The van der Waals surface area contributed by atoms with Crippen LogP contribution in [0.3, 0.4) is 0 Å². The van der Waals surface area contributed by atoms with Gasteiger partial charge in [0, 0.05) is 30.5 Å². The van der Waals surface area contributed by atoms with Crippen LogP contribution >= 0.6 is 23.4 Å². The van der Waals surface area contributed by atoms with Gasteiger partial charge < -0.3 is 9.30 Å². The summed E-state index contributed by atoms with van der Waals surface area (Å²) in [5.74, 6) is 0.384. The van der Waals surface area contributed by atoms with Crippen LogP contribution in [0.4, 0.5) is 4.39 Å². The summed E-state index contributed by atoms with van der Waals surface area (Å²) < 4.78 is 50.5. The number of thioether (sulfide) groups is 1. The quantitative estimate of drug-likeness (QED) is 0.361. The van der Waals surface area contributed by atoms with E-state index in [9.17, 15) is 12.8 Å². The van der Waals surface area contributed by atoms with E-state index in [4.69, 9.17) is 21.3 Å². The standard InChI is InChI=1S/C25H29ClFN3O3S2/c1-17-4-2-10-29(14-17)35(31,32)21-8-9-24-23(13-21)28-25(30(24)15-20-5-3-11-33-20)34-16-18-6-7-19(26)12-22(18)27/h6-9,12-13,17,20H,2-5,10-11,14-16H2,1H3/t17-,20-/m0/s1. The minimum absolute atomic E-state index is 0.0808. The smallest absolute Gasteiger partial charge is 0.243 e.